The fourth-order valence-electron chi connectivity index (χ4n) is 3.21. The molecular formula is C20H23N3O2. The Labute approximate surface area is 148 Å². The van der Waals surface area contributed by atoms with Crippen LogP contribution >= 0.6 is 0 Å². The van der Waals surface area contributed by atoms with Crippen LogP contribution in [-0.4, -0.2) is 34.8 Å². The molecule has 0 N–H and O–H groups in total. The van der Waals surface area contributed by atoms with Crippen molar-refractivity contribution >= 4 is 17.5 Å². The van der Waals surface area contributed by atoms with Crippen LogP contribution in [0.1, 0.15) is 30.9 Å². The van der Waals surface area contributed by atoms with Crippen molar-refractivity contribution in [1.82, 2.24) is 9.88 Å². The fraction of sp³-hybridized carbons (Fsp3) is 0.350. The largest absolute Gasteiger partial charge is 0.338 e. The van der Waals surface area contributed by atoms with Gasteiger partial charge in [-0.2, -0.15) is 0 Å². The van der Waals surface area contributed by atoms with Gasteiger partial charge in [-0.3, -0.25) is 14.6 Å². The normalized spacial score (nSPS) is 13.2. The lowest BCUT2D eigenvalue weighted by atomic mass is 10.0. The molecule has 2 heterocycles. The Bertz CT molecular complexity index is 746. The molecule has 1 aliphatic rings. The summed E-state index contributed by atoms with van der Waals surface area (Å²) < 4.78 is 0. The van der Waals surface area contributed by atoms with E-state index in [9.17, 15) is 9.59 Å². The van der Waals surface area contributed by atoms with E-state index < -0.39 is 0 Å². The highest BCUT2D eigenvalue weighted by Gasteiger charge is 2.22. The first-order chi connectivity index (χ1) is 12.1. The molecule has 5 nitrogen and oxygen atoms in total. The summed E-state index contributed by atoms with van der Waals surface area (Å²) in [6.45, 7) is 3.22. The number of aryl methyl sites for hydroxylation is 1. The summed E-state index contributed by atoms with van der Waals surface area (Å²) in [5.41, 5.74) is 3.26. The molecule has 2 amide bonds. The van der Waals surface area contributed by atoms with Gasteiger partial charge in [-0.05, 0) is 42.2 Å². The summed E-state index contributed by atoms with van der Waals surface area (Å²) in [5.74, 6) is 0.0526. The van der Waals surface area contributed by atoms with Gasteiger partial charge in [0.1, 0.15) is 0 Å². The standard InChI is InChI=1S/C20H23N3O2/c1-16(24)22(15-17-8-11-21-12-9-17)14-10-20(25)23-13-4-6-18-5-2-3-7-19(18)23/h2-3,5,7-9,11-12H,4,6,10,13-15H2,1H3. The molecule has 0 fully saturated rings. The molecule has 5 heteroatoms. The maximum absolute atomic E-state index is 12.7. The number of hydrogen-bond donors (Lipinski definition) is 0. The number of nitrogens with zero attached hydrogens (tertiary/aromatic N) is 3. The first kappa shape index (κ1) is 17.1. The van der Waals surface area contributed by atoms with E-state index in [1.807, 2.05) is 35.2 Å². The Morgan fingerprint density at radius 2 is 1.92 bits per heavy atom. The summed E-state index contributed by atoms with van der Waals surface area (Å²) >= 11 is 0. The molecule has 3 rings (SSSR count). The first-order valence-corrected chi connectivity index (χ1v) is 8.68. The van der Waals surface area contributed by atoms with Crippen LogP contribution in [0.5, 0.6) is 0 Å². The summed E-state index contributed by atoms with van der Waals surface area (Å²) in [5, 5.41) is 0. The maximum Gasteiger partial charge on any atom is 0.228 e. The SMILES string of the molecule is CC(=O)N(CCC(=O)N1CCCc2ccccc21)Cc1ccncc1. The van der Waals surface area contributed by atoms with Crippen LogP contribution in [0.2, 0.25) is 0 Å². The number of amides is 2. The summed E-state index contributed by atoms with van der Waals surface area (Å²) in [4.78, 5) is 32.2. The molecular weight excluding hydrogens is 314 g/mol. The van der Waals surface area contributed by atoms with Gasteiger partial charge in [-0.15, -0.1) is 0 Å². The lowest BCUT2D eigenvalue weighted by Gasteiger charge is -2.30. The van der Waals surface area contributed by atoms with Crippen molar-refractivity contribution in [3.05, 3.63) is 59.9 Å². The average molecular weight is 337 g/mol. The van der Waals surface area contributed by atoms with Gasteiger partial charge < -0.3 is 9.80 Å². The fourth-order valence-corrected chi connectivity index (χ4v) is 3.21. The Morgan fingerprint density at radius 1 is 1.16 bits per heavy atom. The van der Waals surface area contributed by atoms with Crippen molar-refractivity contribution in [2.75, 3.05) is 18.0 Å². The average Bonchev–Trinajstić information content (AvgIpc) is 2.65. The van der Waals surface area contributed by atoms with Crippen molar-refractivity contribution in [3.8, 4) is 0 Å². The number of anilines is 1. The highest BCUT2D eigenvalue weighted by atomic mass is 16.2. The molecule has 0 spiro atoms. The van der Waals surface area contributed by atoms with E-state index in [1.165, 1.54) is 5.56 Å². The number of fused-ring (bicyclic) bond motifs is 1. The van der Waals surface area contributed by atoms with Crippen LogP contribution < -0.4 is 4.90 Å². The second kappa shape index (κ2) is 7.92. The summed E-state index contributed by atoms with van der Waals surface area (Å²) in [7, 11) is 0. The van der Waals surface area contributed by atoms with Gasteiger partial charge in [-0.1, -0.05) is 18.2 Å². The van der Waals surface area contributed by atoms with E-state index in [1.54, 1.807) is 24.2 Å². The monoisotopic (exact) mass is 337 g/mol. The smallest absolute Gasteiger partial charge is 0.228 e. The van der Waals surface area contributed by atoms with Crippen LogP contribution in [0.25, 0.3) is 0 Å². The highest BCUT2D eigenvalue weighted by molar-refractivity contribution is 5.94. The Balaban J connectivity index is 1.63. The van der Waals surface area contributed by atoms with E-state index in [0.29, 0.717) is 19.5 Å². The topological polar surface area (TPSA) is 53.5 Å². The molecule has 1 aromatic heterocycles. The third kappa shape index (κ3) is 4.24. The first-order valence-electron chi connectivity index (χ1n) is 8.68. The van der Waals surface area contributed by atoms with Crippen molar-refractivity contribution in [3.63, 3.8) is 0 Å². The van der Waals surface area contributed by atoms with Gasteiger partial charge in [-0.25, -0.2) is 0 Å². The second-order valence-corrected chi connectivity index (χ2v) is 6.32. The van der Waals surface area contributed by atoms with Crippen molar-refractivity contribution in [2.24, 2.45) is 0 Å². The number of hydrogen-bond acceptors (Lipinski definition) is 3. The number of para-hydroxylation sites is 1. The molecule has 0 radical (unpaired) electrons. The lowest BCUT2D eigenvalue weighted by molar-refractivity contribution is -0.130. The van der Waals surface area contributed by atoms with Gasteiger partial charge in [0.15, 0.2) is 0 Å². The molecule has 0 unspecified atom stereocenters. The molecule has 25 heavy (non-hydrogen) atoms. The number of carbonyl (C=O) groups is 2. The maximum atomic E-state index is 12.7. The van der Waals surface area contributed by atoms with Crippen LogP contribution in [-0.2, 0) is 22.6 Å². The summed E-state index contributed by atoms with van der Waals surface area (Å²) in [6.07, 6.45) is 5.75. The minimum atomic E-state index is -0.0244. The minimum absolute atomic E-state index is 0.0244. The zero-order valence-corrected chi connectivity index (χ0v) is 14.5. The Hall–Kier alpha value is -2.69. The lowest BCUT2D eigenvalue weighted by Crippen LogP contribution is -2.38. The van der Waals surface area contributed by atoms with E-state index in [0.717, 1.165) is 30.6 Å². The molecule has 0 saturated carbocycles. The third-order valence-electron chi connectivity index (χ3n) is 4.58. The van der Waals surface area contributed by atoms with Crippen molar-refractivity contribution in [2.45, 2.75) is 32.7 Å². The van der Waals surface area contributed by atoms with E-state index in [2.05, 4.69) is 11.1 Å². The molecule has 0 aliphatic carbocycles. The van der Waals surface area contributed by atoms with Crippen LogP contribution in [0, 0.1) is 0 Å². The van der Waals surface area contributed by atoms with E-state index in [4.69, 9.17) is 0 Å². The zero-order chi connectivity index (χ0) is 17.6. The van der Waals surface area contributed by atoms with Crippen LogP contribution in [0.15, 0.2) is 48.8 Å². The number of rotatable bonds is 5. The molecule has 0 saturated heterocycles. The molecule has 1 aliphatic heterocycles. The molecule has 0 atom stereocenters. The van der Waals surface area contributed by atoms with Gasteiger partial charge >= 0.3 is 0 Å². The molecule has 2 aromatic rings. The van der Waals surface area contributed by atoms with Crippen LogP contribution in [0.3, 0.4) is 0 Å². The van der Waals surface area contributed by atoms with Crippen molar-refractivity contribution < 1.29 is 9.59 Å². The molecule has 1 aromatic carbocycles. The second-order valence-electron chi connectivity index (χ2n) is 6.32. The number of carbonyl (C=O) groups excluding carboxylic acids is 2. The number of aromatic nitrogens is 1. The number of benzene rings is 1. The van der Waals surface area contributed by atoms with Gasteiger partial charge in [0.05, 0.1) is 0 Å². The van der Waals surface area contributed by atoms with Gasteiger partial charge in [0, 0.05) is 51.1 Å². The van der Waals surface area contributed by atoms with Gasteiger partial charge in [0.2, 0.25) is 11.8 Å². The molecule has 0 bridgehead atoms. The zero-order valence-electron chi connectivity index (χ0n) is 14.5. The quantitative estimate of drug-likeness (QED) is 0.843. The number of pyridine rings is 1. The Kier molecular flexibility index (Phi) is 5.43. The van der Waals surface area contributed by atoms with Crippen LogP contribution in [0.4, 0.5) is 5.69 Å². The highest BCUT2D eigenvalue weighted by Crippen LogP contribution is 2.27. The van der Waals surface area contributed by atoms with E-state index in [-0.39, 0.29) is 11.8 Å². The Morgan fingerprint density at radius 3 is 2.68 bits per heavy atom. The third-order valence-corrected chi connectivity index (χ3v) is 4.58. The molecule has 130 valence electrons. The van der Waals surface area contributed by atoms with Gasteiger partial charge in [0.25, 0.3) is 0 Å². The minimum Gasteiger partial charge on any atom is -0.338 e. The van der Waals surface area contributed by atoms with Crippen molar-refractivity contribution in [1.29, 1.82) is 0 Å². The predicted octanol–water partition coefficient (Wildman–Crippen LogP) is 2.80. The predicted molar refractivity (Wildman–Crippen MR) is 97.1 cm³/mol. The van der Waals surface area contributed by atoms with E-state index >= 15 is 0 Å². The summed E-state index contributed by atoms with van der Waals surface area (Å²) in [6, 6.07) is 11.8.